The zero-order chi connectivity index (χ0) is 18.4. The van der Waals surface area contributed by atoms with Crippen LogP contribution in [0.15, 0.2) is 36.4 Å². The largest absolute Gasteiger partial charge is 0.493 e. The fourth-order valence-electron chi connectivity index (χ4n) is 2.30. The Bertz CT molecular complexity index is 790. The Hall–Kier alpha value is -3.06. The second-order valence-corrected chi connectivity index (χ2v) is 5.27. The summed E-state index contributed by atoms with van der Waals surface area (Å²) in [6.07, 6.45) is 0. The molecule has 0 aliphatic carbocycles. The SMILES string of the molecule is COc1cc(NC(=O)CN)c(NC(=O)c2ccccc2C)cc1OC. The molecule has 2 aromatic rings. The van der Waals surface area contributed by atoms with Gasteiger partial charge >= 0.3 is 0 Å². The van der Waals surface area contributed by atoms with E-state index in [0.717, 1.165) is 5.56 Å². The van der Waals surface area contributed by atoms with Gasteiger partial charge in [0.25, 0.3) is 5.91 Å². The minimum absolute atomic E-state index is 0.181. The molecule has 25 heavy (non-hydrogen) atoms. The van der Waals surface area contributed by atoms with Crippen molar-refractivity contribution in [1.29, 1.82) is 0 Å². The highest BCUT2D eigenvalue weighted by Crippen LogP contribution is 2.36. The summed E-state index contributed by atoms with van der Waals surface area (Å²) < 4.78 is 10.5. The normalized spacial score (nSPS) is 10.1. The lowest BCUT2D eigenvalue weighted by atomic mass is 10.1. The van der Waals surface area contributed by atoms with Gasteiger partial charge in [0.05, 0.1) is 32.1 Å². The maximum Gasteiger partial charge on any atom is 0.255 e. The number of nitrogens with one attached hydrogen (secondary N) is 2. The molecule has 0 spiro atoms. The number of rotatable bonds is 6. The van der Waals surface area contributed by atoms with Crippen molar-refractivity contribution in [2.45, 2.75) is 6.92 Å². The van der Waals surface area contributed by atoms with Gasteiger partial charge < -0.3 is 25.8 Å². The Morgan fingerprint density at radius 3 is 2.08 bits per heavy atom. The second kappa shape index (κ2) is 8.16. The molecule has 2 amide bonds. The highest BCUT2D eigenvalue weighted by Gasteiger charge is 2.16. The Morgan fingerprint density at radius 1 is 1.00 bits per heavy atom. The molecular formula is C18H21N3O4. The zero-order valence-electron chi connectivity index (χ0n) is 14.4. The van der Waals surface area contributed by atoms with E-state index in [-0.39, 0.29) is 12.5 Å². The van der Waals surface area contributed by atoms with E-state index < -0.39 is 5.91 Å². The molecule has 0 radical (unpaired) electrons. The molecule has 0 atom stereocenters. The van der Waals surface area contributed by atoms with Crippen LogP contribution >= 0.6 is 0 Å². The Balaban J connectivity index is 2.41. The van der Waals surface area contributed by atoms with E-state index in [0.29, 0.717) is 28.4 Å². The number of amides is 2. The Morgan fingerprint density at radius 2 is 1.56 bits per heavy atom. The van der Waals surface area contributed by atoms with E-state index in [2.05, 4.69) is 10.6 Å². The van der Waals surface area contributed by atoms with Crippen LogP contribution in [0.2, 0.25) is 0 Å². The van der Waals surface area contributed by atoms with Crippen LogP contribution in [-0.2, 0) is 4.79 Å². The lowest BCUT2D eigenvalue weighted by Gasteiger charge is -2.16. The Kier molecular flexibility index (Phi) is 5.97. The molecule has 132 valence electrons. The number of carbonyl (C=O) groups excluding carboxylic acids is 2. The third kappa shape index (κ3) is 4.27. The van der Waals surface area contributed by atoms with Gasteiger partial charge in [-0.2, -0.15) is 0 Å². The van der Waals surface area contributed by atoms with Gasteiger partial charge in [-0.15, -0.1) is 0 Å². The van der Waals surface area contributed by atoms with Gasteiger partial charge in [-0.25, -0.2) is 0 Å². The number of aryl methyl sites for hydroxylation is 1. The number of benzene rings is 2. The first-order chi connectivity index (χ1) is 12.0. The van der Waals surface area contributed by atoms with Crippen LogP contribution in [0.25, 0.3) is 0 Å². The third-order valence-corrected chi connectivity index (χ3v) is 3.62. The molecule has 0 heterocycles. The minimum atomic E-state index is -0.390. The summed E-state index contributed by atoms with van der Waals surface area (Å²) in [6.45, 7) is 1.67. The molecule has 0 aliphatic heterocycles. The summed E-state index contributed by atoms with van der Waals surface area (Å²) in [4.78, 5) is 24.3. The average Bonchev–Trinajstić information content (AvgIpc) is 2.62. The first-order valence-electron chi connectivity index (χ1n) is 7.63. The average molecular weight is 343 g/mol. The van der Waals surface area contributed by atoms with Crippen molar-refractivity contribution in [3.63, 3.8) is 0 Å². The van der Waals surface area contributed by atoms with Crippen molar-refractivity contribution >= 4 is 23.2 Å². The molecule has 0 saturated heterocycles. The predicted octanol–water partition coefficient (Wildman–Crippen LogP) is 2.16. The van der Waals surface area contributed by atoms with Gasteiger partial charge in [0.15, 0.2) is 11.5 Å². The smallest absolute Gasteiger partial charge is 0.255 e. The Labute approximate surface area is 146 Å². The molecule has 2 aromatic carbocycles. The minimum Gasteiger partial charge on any atom is -0.493 e. The van der Waals surface area contributed by atoms with Crippen LogP contribution in [0.1, 0.15) is 15.9 Å². The molecule has 0 aliphatic rings. The number of ether oxygens (including phenoxy) is 2. The number of carbonyl (C=O) groups is 2. The molecule has 7 nitrogen and oxygen atoms in total. The molecule has 0 fully saturated rings. The van der Waals surface area contributed by atoms with Gasteiger partial charge in [-0.3, -0.25) is 9.59 Å². The second-order valence-electron chi connectivity index (χ2n) is 5.27. The number of anilines is 2. The third-order valence-electron chi connectivity index (χ3n) is 3.62. The summed E-state index contributed by atoms with van der Waals surface area (Å²) in [5, 5.41) is 5.44. The summed E-state index contributed by atoms with van der Waals surface area (Å²) in [5.41, 5.74) is 7.48. The summed E-state index contributed by atoms with van der Waals surface area (Å²) in [7, 11) is 2.97. The fraction of sp³-hybridized carbons (Fsp3) is 0.222. The molecule has 0 saturated carbocycles. The maximum atomic E-state index is 12.6. The monoisotopic (exact) mass is 343 g/mol. The lowest BCUT2D eigenvalue weighted by Crippen LogP contribution is -2.23. The zero-order valence-corrected chi connectivity index (χ0v) is 14.4. The summed E-state index contributed by atoms with van der Waals surface area (Å²) in [6, 6.07) is 10.4. The first-order valence-corrected chi connectivity index (χ1v) is 7.63. The van der Waals surface area contributed by atoms with Crippen LogP contribution in [0, 0.1) is 6.92 Å². The van der Waals surface area contributed by atoms with Crippen molar-refractivity contribution in [3.8, 4) is 11.5 Å². The summed E-state index contributed by atoms with van der Waals surface area (Å²) >= 11 is 0. The van der Waals surface area contributed by atoms with Crippen LogP contribution in [0.5, 0.6) is 11.5 Å². The van der Waals surface area contributed by atoms with Crippen LogP contribution < -0.4 is 25.8 Å². The molecule has 2 rings (SSSR count). The van der Waals surface area contributed by atoms with Gasteiger partial charge in [-0.1, -0.05) is 18.2 Å². The standard InChI is InChI=1S/C18H21N3O4/c1-11-6-4-5-7-12(11)18(23)21-14-9-16(25-3)15(24-2)8-13(14)20-17(22)10-19/h4-9H,10,19H2,1-3H3,(H,20,22)(H,21,23). The van der Waals surface area contributed by atoms with Crippen molar-refractivity contribution in [3.05, 3.63) is 47.5 Å². The highest BCUT2D eigenvalue weighted by molar-refractivity contribution is 6.08. The van der Waals surface area contributed by atoms with Gasteiger partial charge in [-0.05, 0) is 18.6 Å². The van der Waals surface area contributed by atoms with E-state index >= 15 is 0 Å². The van der Waals surface area contributed by atoms with Gasteiger partial charge in [0.1, 0.15) is 0 Å². The molecule has 0 unspecified atom stereocenters. The van der Waals surface area contributed by atoms with E-state index in [4.69, 9.17) is 15.2 Å². The van der Waals surface area contributed by atoms with E-state index in [1.165, 1.54) is 14.2 Å². The molecule has 7 heteroatoms. The quantitative estimate of drug-likeness (QED) is 0.746. The molecule has 0 aromatic heterocycles. The van der Waals surface area contributed by atoms with Crippen molar-refractivity contribution in [1.82, 2.24) is 0 Å². The van der Waals surface area contributed by atoms with Crippen LogP contribution in [0.3, 0.4) is 0 Å². The topological polar surface area (TPSA) is 103 Å². The summed E-state index contributed by atoms with van der Waals surface area (Å²) in [5.74, 6) is 0.157. The lowest BCUT2D eigenvalue weighted by molar-refractivity contribution is -0.114. The number of nitrogens with two attached hydrogens (primary N) is 1. The van der Waals surface area contributed by atoms with E-state index in [1.54, 1.807) is 24.3 Å². The maximum absolute atomic E-state index is 12.6. The van der Waals surface area contributed by atoms with Crippen molar-refractivity contribution in [2.24, 2.45) is 5.73 Å². The van der Waals surface area contributed by atoms with E-state index in [1.807, 2.05) is 19.1 Å². The van der Waals surface area contributed by atoms with Crippen LogP contribution in [-0.4, -0.2) is 32.6 Å². The number of hydrogen-bond acceptors (Lipinski definition) is 5. The number of methoxy groups -OCH3 is 2. The molecule has 0 bridgehead atoms. The first kappa shape index (κ1) is 18.3. The molecular weight excluding hydrogens is 322 g/mol. The fourth-order valence-corrected chi connectivity index (χ4v) is 2.30. The van der Waals surface area contributed by atoms with E-state index in [9.17, 15) is 9.59 Å². The van der Waals surface area contributed by atoms with Crippen molar-refractivity contribution < 1.29 is 19.1 Å². The number of hydrogen-bond donors (Lipinski definition) is 3. The van der Waals surface area contributed by atoms with Gasteiger partial charge in [0.2, 0.25) is 5.91 Å². The van der Waals surface area contributed by atoms with Gasteiger partial charge in [0, 0.05) is 17.7 Å². The molecule has 4 N–H and O–H groups in total. The van der Waals surface area contributed by atoms with Crippen molar-refractivity contribution in [2.75, 3.05) is 31.4 Å². The highest BCUT2D eigenvalue weighted by atomic mass is 16.5. The predicted molar refractivity (Wildman–Crippen MR) is 96.4 cm³/mol. The van der Waals surface area contributed by atoms with Crippen LogP contribution in [0.4, 0.5) is 11.4 Å².